The SMILES string of the molecule is O=C(CC1CNCCO1)NCC1CC(O)C1. The molecule has 0 aromatic rings. The fourth-order valence-corrected chi connectivity index (χ4v) is 2.16. The van der Waals surface area contributed by atoms with E-state index in [1.54, 1.807) is 0 Å². The van der Waals surface area contributed by atoms with E-state index in [1.165, 1.54) is 0 Å². The molecule has 0 spiro atoms. The van der Waals surface area contributed by atoms with Crippen molar-refractivity contribution >= 4 is 5.91 Å². The molecule has 1 aliphatic carbocycles. The van der Waals surface area contributed by atoms with Gasteiger partial charge in [-0.1, -0.05) is 0 Å². The lowest BCUT2D eigenvalue weighted by Crippen LogP contribution is -2.43. The van der Waals surface area contributed by atoms with Crippen LogP contribution in [0.25, 0.3) is 0 Å². The summed E-state index contributed by atoms with van der Waals surface area (Å²) in [6.07, 6.45) is 1.94. The first kappa shape index (κ1) is 11.8. The van der Waals surface area contributed by atoms with E-state index in [2.05, 4.69) is 10.6 Å². The number of carbonyl (C=O) groups is 1. The average molecular weight is 228 g/mol. The van der Waals surface area contributed by atoms with Crippen LogP contribution in [-0.4, -0.2) is 49.5 Å². The fraction of sp³-hybridized carbons (Fsp3) is 0.909. The average Bonchev–Trinajstić information content (AvgIpc) is 2.24. The van der Waals surface area contributed by atoms with Crippen molar-refractivity contribution in [3.63, 3.8) is 0 Å². The maximum absolute atomic E-state index is 11.6. The molecule has 1 saturated heterocycles. The van der Waals surface area contributed by atoms with Crippen molar-refractivity contribution in [1.29, 1.82) is 0 Å². The second kappa shape index (κ2) is 5.61. The Morgan fingerprint density at radius 3 is 2.94 bits per heavy atom. The first-order valence-electron chi connectivity index (χ1n) is 6.01. The Morgan fingerprint density at radius 1 is 1.50 bits per heavy atom. The van der Waals surface area contributed by atoms with Gasteiger partial charge in [0, 0.05) is 19.6 Å². The summed E-state index contributed by atoms with van der Waals surface area (Å²) < 4.78 is 5.45. The molecule has 0 aromatic heterocycles. The number of ether oxygens (including phenoxy) is 1. The highest BCUT2D eigenvalue weighted by molar-refractivity contribution is 5.76. The minimum Gasteiger partial charge on any atom is -0.393 e. The van der Waals surface area contributed by atoms with Crippen molar-refractivity contribution in [2.45, 2.75) is 31.5 Å². The van der Waals surface area contributed by atoms with Crippen LogP contribution in [-0.2, 0) is 9.53 Å². The molecular weight excluding hydrogens is 208 g/mol. The van der Waals surface area contributed by atoms with E-state index in [1.807, 2.05) is 0 Å². The second-order valence-corrected chi connectivity index (χ2v) is 4.70. The molecule has 0 bridgehead atoms. The van der Waals surface area contributed by atoms with E-state index >= 15 is 0 Å². The third-order valence-electron chi connectivity index (χ3n) is 3.22. The molecular formula is C11H20N2O3. The summed E-state index contributed by atoms with van der Waals surface area (Å²) in [6, 6.07) is 0. The molecule has 2 aliphatic rings. The summed E-state index contributed by atoms with van der Waals surface area (Å²) in [7, 11) is 0. The normalized spacial score (nSPS) is 34.2. The van der Waals surface area contributed by atoms with Gasteiger partial charge in [-0.05, 0) is 18.8 Å². The summed E-state index contributed by atoms with van der Waals surface area (Å²) in [5.41, 5.74) is 0. The molecule has 3 N–H and O–H groups in total. The lowest BCUT2D eigenvalue weighted by molar-refractivity contribution is -0.125. The van der Waals surface area contributed by atoms with Crippen molar-refractivity contribution < 1.29 is 14.6 Å². The molecule has 2 rings (SSSR count). The van der Waals surface area contributed by atoms with Crippen molar-refractivity contribution in [2.24, 2.45) is 5.92 Å². The van der Waals surface area contributed by atoms with E-state index < -0.39 is 0 Å². The van der Waals surface area contributed by atoms with Crippen LogP contribution in [0.5, 0.6) is 0 Å². The number of hydrogen-bond acceptors (Lipinski definition) is 4. The number of aliphatic hydroxyl groups excluding tert-OH is 1. The molecule has 0 aromatic carbocycles. The largest absolute Gasteiger partial charge is 0.393 e. The molecule has 16 heavy (non-hydrogen) atoms. The van der Waals surface area contributed by atoms with E-state index in [0.29, 0.717) is 25.5 Å². The second-order valence-electron chi connectivity index (χ2n) is 4.70. The van der Waals surface area contributed by atoms with Crippen molar-refractivity contribution in [3.8, 4) is 0 Å². The van der Waals surface area contributed by atoms with Crippen LogP contribution >= 0.6 is 0 Å². The summed E-state index contributed by atoms with van der Waals surface area (Å²) in [5.74, 6) is 0.513. The smallest absolute Gasteiger partial charge is 0.222 e. The molecule has 5 nitrogen and oxygen atoms in total. The highest BCUT2D eigenvalue weighted by atomic mass is 16.5. The molecule has 1 heterocycles. The first-order valence-corrected chi connectivity index (χ1v) is 6.01. The maximum atomic E-state index is 11.6. The third kappa shape index (κ3) is 3.43. The Morgan fingerprint density at radius 2 is 2.31 bits per heavy atom. The molecule has 92 valence electrons. The molecule has 1 amide bonds. The predicted molar refractivity (Wildman–Crippen MR) is 59.0 cm³/mol. The molecule has 1 unspecified atom stereocenters. The standard InChI is InChI=1S/C11H20N2O3/c14-9-3-8(4-9)6-13-11(15)5-10-7-12-1-2-16-10/h8-10,12,14H,1-7H2,(H,13,15). The van der Waals surface area contributed by atoms with Crippen molar-refractivity contribution in [3.05, 3.63) is 0 Å². The van der Waals surface area contributed by atoms with Crippen LogP contribution in [0, 0.1) is 5.92 Å². The molecule has 5 heteroatoms. The zero-order chi connectivity index (χ0) is 11.4. The van der Waals surface area contributed by atoms with Gasteiger partial charge in [-0.25, -0.2) is 0 Å². The van der Waals surface area contributed by atoms with Gasteiger partial charge in [0.05, 0.1) is 25.2 Å². The van der Waals surface area contributed by atoms with Gasteiger partial charge in [-0.15, -0.1) is 0 Å². The Balaban J connectivity index is 1.57. The van der Waals surface area contributed by atoms with Gasteiger partial charge in [0.25, 0.3) is 0 Å². The van der Waals surface area contributed by atoms with Gasteiger partial charge in [-0.3, -0.25) is 4.79 Å². The van der Waals surface area contributed by atoms with Crippen LogP contribution < -0.4 is 10.6 Å². The predicted octanol–water partition coefficient (Wildman–Crippen LogP) is -0.748. The molecule has 1 saturated carbocycles. The van der Waals surface area contributed by atoms with Crippen LogP contribution in [0.3, 0.4) is 0 Å². The van der Waals surface area contributed by atoms with Gasteiger partial charge >= 0.3 is 0 Å². The highest BCUT2D eigenvalue weighted by Crippen LogP contribution is 2.26. The number of rotatable bonds is 4. The maximum Gasteiger partial charge on any atom is 0.222 e. The lowest BCUT2D eigenvalue weighted by Gasteiger charge is -2.31. The minimum atomic E-state index is -0.146. The molecule has 2 fully saturated rings. The first-order chi connectivity index (χ1) is 7.74. The number of aliphatic hydroxyl groups is 1. The molecule has 0 radical (unpaired) electrons. The third-order valence-corrected chi connectivity index (χ3v) is 3.22. The van der Waals surface area contributed by atoms with E-state index in [4.69, 9.17) is 9.84 Å². The Hall–Kier alpha value is -0.650. The fourth-order valence-electron chi connectivity index (χ4n) is 2.16. The van der Waals surface area contributed by atoms with Gasteiger partial charge < -0.3 is 20.5 Å². The minimum absolute atomic E-state index is 0.0146. The summed E-state index contributed by atoms with van der Waals surface area (Å²) in [5, 5.41) is 15.2. The summed E-state index contributed by atoms with van der Waals surface area (Å²) in [4.78, 5) is 11.6. The van der Waals surface area contributed by atoms with Gasteiger partial charge in [-0.2, -0.15) is 0 Å². The molecule has 1 aliphatic heterocycles. The van der Waals surface area contributed by atoms with E-state index in [0.717, 1.165) is 25.9 Å². The van der Waals surface area contributed by atoms with E-state index in [-0.39, 0.29) is 18.1 Å². The van der Waals surface area contributed by atoms with Crippen LogP contribution in [0.1, 0.15) is 19.3 Å². The van der Waals surface area contributed by atoms with Gasteiger partial charge in [0.2, 0.25) is 5.91 Å². The monoisotopic (exact) mass is 228 g/mol. The highest BCUT2D eigenvalue weighted by Gasteiger charge is 2.27. The number of hydrogen-bond donors (Lipinski definition) is 3. The summed E-state index contributed by atoms with van der Waals surface area (Å²) in [6.45, 7) is 3.01. The van der Waals surface area contributed by atoms with Gasteiger partial charge in [0.1, 0.15) is 0 Å². The number of nitrogens with one attached hydrogen (secondary N) is 2. The number of morpholine rings is 1. The molecule has 1 atom stereocenters. The van der Waals surface area contributed by atoms with Crippen molar-refractivity contribution in [2.75, 3.05) is 26.2 Å². The van der Waals surface area contributed by atoms with E-state index in [9.17, 15) is 4.79 Å². The van der Waals surface area contributed by atoms with Gasteiger partial charge in [0.15, 0.2) is 0 Å². The number of carbonyl (C=O) groups excluding carboxylic acids is 1. The quantitative estimate of drug-likeness (QED) is 0.592. The number of amides is 1. The van der Waals surface area contributed by atoms with Crippen LogP contribution in [0.2, 0.25) is 0 Å². The van der Waals surface area contributed by atoms with Crippen LogP contribution in [0.15, 0.2) is 0 Å². The van der Waals surface area contributed by atoms with Crippen molar-refractivity contribution in [1.82, 2.24) is 10.6 Å². The zero-order valence-corrected chi connectivity index (χ0v) is 9.45. The Bertz CT molecular complexity index is 235. The van der Waals surface area contributed by atoms with Crippen LogP contribution in [0.4, 0.5) is 0 Å². The Labute approximate surface area is 95.5 Å². The lowest BCUT2D eigenvalue weighted by atomic mass is 9.82. The topological polar surface area (TPSA) is 70.6 Å². The zero-order valence-electron chi connectivity index (χ0n) is 9.45. The summed E-state index contributed by atoms with van der Waals surface area (Å²) >= 11 is 0. The Kier molecular flexibility index (Phi) is 4.15.